The van der Waals surface area contributed by atoms with Crippen LogP contribution < -0.4 is 19.5 Å². The third kappa shape index (κ3) is 4.24. The van der Waals surface area contributed by atoms with Gasteiger partial charge in [0.2, 0.25) is 0 Å². The van der Waals surface area contributed by atoms with Crippen molar-refractivity contribution in [3.8, 4) is 17.2 Å². The van der Waals surface area contributed by atoms with Crippen molar-refractivity contribution in [1.82, 2.24) is 0 Å². The molecule has 0 bridgehead atoms. The van der Waals surface area contributed by atoms with Crippen LogP contribution in [0.5, 0.6) is 17.2 Å². The zero-order valence-corrected chi connectivity index (χ0v) is 15.4. The van der Waals surface area contributed by atoms with E-state index in [0.717, 1.165) is 0 Å². The van der Waals surface area contributed by atoms with Crippen LogP contribution in [-0.2, 0) is 4.79 Å². The van der Waals surface area contributed by atoms with Crippen LogP contribution in [0.15, 0.2) is 30.3 Å². The molecule has 2 aromatic carbocycles. The number of carbonyl (C=O) groups excluding carboxylic acids is 1. The molecule has 3 rings (SSSR count). The highest BCUT2D eigenvalue weighted by atomic mass is 35.5. The van der Waals surface area contributed by atoms with Gasteiger partial charge in [-0.15, -0.1) is 0 Å². The maximum atomic E-state index is 12.4. The van der Waals surface area contributed by atoms with Gasteiger partial charge in [0.05, 0.1) is 15.7 Å². The second-order valence-corrected chi connectivity index (χ2v) is 6.55. The molecule has 132 valence electrons. The topological polar surface area (TPSA) is 56.8 Å². The Morgan fingerprint density at radius 3 is 2.44 bits per heavy atom. The van der Waals surface area contributed by atoms with Gasteiger partial charge in [0.1, 0.15) is 19.0 Å². The number of hydrogen-bond donors (Lipinski definition) is 1. The summed E-state index contributed by atoms with van der Waals surface area (Å²) in [5, 5.41) is 3.86. The maximum absolute atomic E-state index is 12.4. The molecule has 1 N–H and O–H groups in total. The lowest BCUT2D eigenvalue weighted by atomic mass is 10.2. The van der Waals surface area contributed by atoms with Crippen molar-refractivity contribution >= 4 is 46.4 Å². The van der Waals surface area contributed by atoms with Gasteiger partial charge in [-0.05, 0) is 25.1 Å². The summed E-state index contributed by atoms with van der Waals surface area (Å²) in [5.41, 5.74) is 0.411. The van der Waals surface area contributed by atoms with Crippen LogP contribution in [0.4, 0.5) is 5.69 Å². The lowest BCUT2D eigenvalue weighted by Gasteiger charge is -2.21. The van der Waals surface area contributed by atoms with Gasteiger partial charge in [-0.3, -0.25) is 4.79 Å². The average molecular weight is 403 g/mol. The largest absolute Gasteiger partial charge is 0.486 e. The predicted octanol–water partition coefficient (Wildman–Crippen LogP) is 4.82. The van der Waals surface area contributed by atoms with Crippen LogP contribution in [0.25, 0.3) is 0 Å². The Morgan fingerprint density at radius 1 is 1.08 bits per heavy atom. The summed E-state index contributed by atoms with van der Waals surface area (Å²) in [6.45, 7) is 2.50. The fourth-order valence-electron chi connectivity index (χ4n) is 2.21. The minimum atomic E-state index is -0.803. The van der Waals surface area contributed by atoms with Crippen LogP contribution >= 0.6 is 34.8 Å². The Labute approximate surface area is 159 Å². The molecule has 1 heterocycles. The summed E-state index contributed by atoms with van der Waals surface area (Å²) in [5.74, 6) is 1.05. The molecule has 25 heavy (non-hydrogen) atoms. The molecule has 0 spiro atoms. The molecule has 1 atom stereocenters. The minimum Gasteiger partial charge on any atom is -0.486 e. The Bertz CT molecular complexity index is 813. The predicted molar refractivity (Wildman–Crippen MR) is 97.6 cm³/mol. The monoisotopic (exact) mass is 401 g/mol. The van der Waals surface area contributed by atoms with Gasteiger partial charge >= 0.3 is 0 Å². The van der Waals surface area contributed by atoms with E-state index >= 15 is 0 Å². The third-order valence-corrected chi connectivity index (χ3v) is 4.30. The normalized spacial score (nSPS) is 13.9. The number of benzene rings is 2. The summed E-state index contributed by atoms with van der Waals surface area (Å²) in [6, 6.07) is 8.00. The zero-order valence-electron chi connectivity index (χ0n) is 13.1. The number of halogens is 3. The van der Waals surface area contributed by atoms with Crippen molar-refractivity contribution in [3.05, 3.63) is 45.4 Å². The van der Waals surface area contributed by atoms with Crippen molar-refractivity contribution in [3.63, 3.8) is 0 Å². The molecule has 0 fully saturated rings. The highest BCUT2D eigenvalue weighted by Crippen LogP contribution is 2.38. The molecular weight excluding hydrogens is 389 g/mol. The minimum absolute atomic E-state index is 0.324. The van der Waals surface area contributed by atoms with E-state index in [0.29, 0.717) is 51.2 Å². The Kier molecular flexibility index (Phi) is 5.47. The van der Waals surface area contributed by atoms with Gasteiger partial charge < -0.3 is 19.5 Å². The number of carbonyl (C=O) groups is 1. The molecule has 0 saturated carbocycles. The lowest BCUT2D eigenvalue weighted by Crippen LogP contribution is -2.30. The number of ether oxygens (including phenoxy) is 3. The van der Waals surface area contributed by atoms with E-state index in [4.69, 9.17) is 49.0 Å². The SMILES string of the molecule is CC(Oc1ccc(Cl)cc1Cl)C(=O)Nc1cc2c(cc1Cl)OCCO2. The van der Waals surface area contributed by atoms with Crippen molar-refractivity contribution in [2.24, 2.45) is 0 Å². The number of rotatable bonds is 4. The lowest BCUT2D eigenvalue weighted by molar-refractivity contribution is -0.122. The Hall–Kier alpha value is -1.82. The molecule has 2 aromatic rings. The molecule has 0 aliphatic carbocycles. The number of anilines is 1. The first-order valence-electron chi connectivity index (χ1n) is 7.46. The highest BCUT2D eigenvalue weighted by molar-refractivity contribution is 6.35. The average Bonchev–Trinajstić information content (AvgIpc) is 2.58. The van der Waals surface area contributed by atoms with E-state index < -0.39 is 6.10 Å². The van der Waals surface area contributed by atoms with Crippen molar-refractivity contribution in [2.45, 2.75) is 13.0 Å². The third-order valence-electron chi connectivity index (χ3n) is 3.46. The van der Waals surface area contributed by atoms with Gasteiger partial charge in [-0.2, -0.15) is 0 Å². The first-order chi connectivity index (χ1) is 11.9. The van der Waals surface area contributed by atoms with Crippen LogP contribution in [-0.4, -0.2) is 25.2 Å². The fourth-order valence-corrected chi connectivity index (χ4v) is 2.86. The zero-order chi connectivity index (χ0) is 18.0. The molecule has 1 unspecified atom stereocenters. The summed E-state index contributed by atoms with van der Waals surface area (Å²) in [6.07, 6.45) is -0.803. The molecule has 8 heteroatoms. The Balaban J connectivity index is 1.71. The van der Waals surface area contributed by atoms with Crippen molar-refractivity contribution < 1.29 is 19.0 Å². The van der Waals surface area contributed by atoms with Crippen LogP contribution in [0, 0.1) is 0 Å². The highest BCUT2D eigenvalue weighted by Gasteiger charge is 2.20. The van der Waals surface area contributed by atoms with E-state index in [2.05, 4.69) is 5.32 Å². The van der Waals surface area contributed by atoms with Crippen LogP contribution in [0.1, 0.15) is 6.92 Å². The van der Waals surface area contributed by atoms with Gasteiger partial charge in [0, 0.05) is 17.2 Å². The van der Waals surface area contributed by atoms with Gasteiger partial charge in [0.25, 0.3) is 5.91 Å². The van der Waals surface area contributed by atoms with Crippen LogP contribution in [0.2, 0.25) is 15.1 Å². The second-order valence-electron chi connectivity index (χ2n) is 5.30. The molecule has 0 aromatic heterocycles. The second kappa shape index (κ2) is 7.60. The molecule has 0 saturated heterocycles. The molecule has 1 aliphatic rings. The first-order valence-corrected chi connectivity index (χ1v) is 8.59. The van der Waals surface area contributed by atoms with E-state index in [9.17, 15) is 4.79 Å². The summed E-state index contributed by atoms with van der Waals surface area (Å²) >= 11 is 18.1. The summed E-state index contributed by atoms with van der Waals surface area (Å²) in [4.78, 5) is 12.4. The number of amides is 1. The Morgan fingerprint density at radius 2 is 1.76 bits per heavy atom. The molecule has 0 radical (unpaired) electrons. The fraction of sp³-hybridized carbons (Fsp3) is 0.235. The summed E-state index contributed by atoms with van der Waals surface area (Å²) < 4.78 is 16.5. The smallest absolute Gasteiger partial charge is 0.265 e. The molecule has 1 aliphatic heterocycles. The first kappa shape index (κ1) is 18.0. The van der Waals surface area contributed by atoms with Gasteiger partial charge in [-0.1, -0.05) is 34.8 Å². The van der Waals surface area contributed by atoms with Gasteiger partial charge in [-0.25, -0.2) is 0 Å². The maximum Gasteiger partial charge on any atom is 0.265 e. The van der Waals surface area contributed by atoms with Crippen molar-refractivity contribution in [1.29, 1.82) is 0 Å². The van der Waals surface area contributed by atoms with Crippen molar-refractivity contribution in [2.75, 3.05) is 18.5 Å². The quantitative estimate of drug-likeness (QED) is 0.796. The standard InChI is InChI=1S/C17H14Cl3NO4/c1-9(25-14-3-2-10(18)6-12(14)20)17(22)21-13-8-16-15(7-11(13)19)23-4-5-24-16/h2-3,6-9H,4-5H2,1H3,(H,21,22). The molecule has 5 nitrogen and oxygen atoms in total. The number of fused-ring (bicyclic) bond motifs is 1. The van der Waals surface area contributed by atoms with Crippen LogP contribution in [0.3, 0.4) is 0 Å². The molecule has 1 amide bonds. The number of hydrogen-bond acceptors (Lipinski definition) is 4. The van der Waals surface area contributed by atoms with E-state index in [-0.39, 0.29) is 5.91 Å². The van der Waals surface area contributed by atoms with Gasteiger partial charge in [0.15, 0.2) is 17.6 Å². The molecular formula is C17H14Cl3NO4. The van der Waals surface area contributed by atoms with E-state index in [1.165, 1.54) is 0 Å². The summed E-state index contributed by atoms with van der Waals surface area (Å²) in [7, 11) is 0. The number of nitrogens with one attached hydrogen (secondary N) is 1. The van der Waals surface area contributed by atoms with E-state index in [1.54, 1.807) is 37.3 Å². The van der Waals surface area contributed by atoms with E-state index in [1.807, 2.05) is 0 Å².